The van der Waals surface area contributed by atoms with E-state index in [1.807, 2.05) is 42.7 Å². The van der Waals surface area contributed by atoms with Crippen molar-refractivity contribution >= 4 is 34.1 Å². The second-order valence-electron chi connectivity index (χ2n) is 6.37. The molecule has 0 saturated heterocycles. The third-order valence-electron chi connectivity index (χ3n) is 4.87. The van der Waals surface area contributed by atoms with E-state index in [1.165, 1.54) is 0 Å². The summed E-state index contributed by atoms with van der Waals surface area (Å²) in [4.78, 5) is 8.77. The fraction of sp³-hybridized carbons (Fsp3) is 0.0909. The molecule has 1 aromatic carbocycles. The van der Waals surface area contributed by atoms with Gasteiger partial charge in [0.05, 0.1) is 0 Å². The molecule has 3 nitrogen and oxygen atoms in total. The minimum absolute atomic E-state index is 0.0865. The molecule has 0 amide bonds. The Balaban J connectivity index is 2.05. The fourth-order valence-corrected chi connectivity index (χ4v) is 5.22. The number of allylic oxidation sites excluding steroid dienone is 2. The standard InChI is InChI=1S/C22H18AsClN3/c23-20-11-4-12-21(24)27(20,19-9-2-1-3-10-19)22(17-7-5-13-25-15-17)18-8-6-14-26-16-18/h1-16,21-22H/q+1. The number of rotatable bonds is 4. The predicted octanol–water partition coefficient (Wildman–Crippen LogP) is 4.72. The van der Waals surface area contributed by atoms with E-state index >= 15 is 0 Å². The van der Waals surface area contributed by atoms with Crippen LogP contribution in [0.5, 0.6) is 0 Å². The van der Waals surface area contributed by atoms with Gasteiger partial charge in [0.15, 0.2) is 0 Å². The molecule has 1 aliphatic heterocycles. The Labute approximate surface area is 173 Å². The van der Waals surface area contributed by atoms with Gasteiger partial charge in [-0.05, 0) is 0 Å². The molecule has 0 saturated carbocycles. The third kappa shape index (κ3) is 3.17. The molecule has 2 atom stereocenters. The van der Waals surface area contributed by atoms with Crippen molar-refractivity contribution in [3.8, 4) is 0 Å². The molecular weight excluding hydrogens is 417 g/mol. The SMILES string of the molecule is ClC1C=CC=C([As])[N+]1(c1ccccc1)C(c1cccnc1)c1cccnc1. The molecule has 0 spiro atoms. The van der Waals surface area contributed by atoms with Gasteiger partial charge in [0.2, 0.25) is 0 Å². The van der Waals surface area contributed by atoms with E-state index < -0.39 is 0 Å². The summed E-state index contributed by atoms with van der Waals surface area (Å²) in [5.41, 5.74) is 3.02. The fourth-order valence-electron chi connectivity index (χ4n) is 3.73. The molecule has 132 valence electrons. The summed E-state index contributed by atoms with van der Waals surface area (Å²) in [6.45, 7) is 0. The molecule has 5 heteroatoms. The minimum atomic E-state index is -0.277. The summed E-state index contributed by atoms with van der Waals surface area (Å²) in [7, 11) is 0. The van der Waals surface area contributed by atoms with Gasteiger partial charge >= 0.3 is 173 Å². The Hall–Kier alpha value is -2.19. The van der Waals surface area contributed by atoms with Gasteiger partial charge in [-0.25, -0.2) is 0 Å². The molecule has 2 aromatic heterocycles. The van der Waals surface area contributed by atoms with E-state index in [-0.39, 0.29) is 11.5 Å². The van der Waals surface area contributed by atoms with Crippen LogP contribution in [-0.2, 0) is 0 Å². The summed E-state index contributed by atoms with van der Waals surface area (Å²) in [5, 5.41) is 0. The van der Waals surface area contributed by atoms with Crippen LogP contribution < -0.4 is 4.48 Å². The van der Waals surface area contributed by atoms with Gasteiger partial charge in [0, 0.05) is 0 Å². The number of benzene rings is 1. The molecule has 1 aliphatic rings. The number of alkyl halides is 1. The first kappa shape index (κ1) is 18.2. The molecule has 2 unspecified atom stereocenters. The molecule has 3 aromatic rings. The molecule has 2 radical (unpaired) electrons. The van der Waals surface area contributed by atoms with Crippen molar-refractivity contribution in [1.82, 2.24) is 14.5 Å². The number of pyridine rings is 2. The Kier molecular flexibility index (Phi) is 5.26. The number of quaternary nitrogens is 1. The van der Waals surface area contributed by atoms with Crippen molar-refractivity contribution in [2.24, 2.45) is 0 Å². The van der Waals surface area contributed by atoms with Gasteiger partial charge in [-0.2, -0.15) is 0 Å². The molecular formula is C22H18AsClN3+. The average molecular weight is 435 g/mol. The zero-order valence-electron chi connectivity index (χ0n) is 14.6. The summed E-state index contributed by atoms with van der Waals surface area (Å²) >= 11 is 9.77. The first-order chi connectivity index (χ1) is 13.2. The van der Waals surface area contributed by atoms with E-state index in [9.17, 15) is 0 Å². The van der Waals surface area contributed by atoms with E-state index in [0.29, 0.717) is 4.48 Å². The second kappa shape index (κ2) is 7.82. The third-order valence-corrected chi connectivity index (χ3v) is 6.33. The van der Waals surface area contributed by atoms with Crippen molar-refractivity contribution in [2.75, 3.05) is 0 Å². The number of hydrogen-bond donors (Lipinski definition) is 0. The van der Waals surface area contributed by atoms with Gasteiger partial charge in [0.1, 0.15) is 0 Å². The molecule has 0 fully saturated rings. The Morgan fingerprint density at radius 3 is 2.04 bits per heavy atom. The number of halogens is 1. The Morgan fingerprint density at radius 1 is 0.889 bits per heavy atom. The molecule has 3 heterocycles. The average Bonchev–Trinajstić information content (AvgIpc) is 2.73. The first-order valence-corrected chi connectivity index (χ1v) is 10.1. The van der Waals surface area contributed by atoms with Gasteiger partial charge in [-0.15, -0.1) is 0 Å². The molecule has 27 heavy (non-hydrogen) atoms. The maximum atomic E-state index is 7.06. The second-order valence-corrected chi connectivity index (χ2v) is 7.78. The van der Waals surface area contributed by atoms with Crippen LogP contribution in [0.1, 0.15) is 17.2 Å². The predicted molar refractivity (Wildman–Crippen MR) is 111 cm³/mol. The van der Waals surface area contributed by atoms with Gasteiger partial charge in [-0.3, -0.25) is 0 Å². The topological polar surface area (TPSA) is 25.8 Å². The summed E-state index contributed by atoms with van der Waals surface area (Å²) in [6, 6.07) is 18.5. The van der Waals surface area contributed by atoms with Crippen LogP contribution in [0.3, 0.4) is 0 Å². The first-order valence-electron chi connectivity index (χ1n) is 8.70. The van der Waals surface area contributed by atoms with Crippen molar-refractivity contribution in [2.45, 2.75) is 11.5 Å². The van der Waals surface area contributed by atoms with Crippen LogP contribution in [0, 0.1) is 0 Å². The number of aromatic nitrogens is 2. The van der Waals surface area contributed by atoms with E-state index in [2.05, 4.69) is 69.3 Å². The number of hydrogen-bond acceptors (Lipinski definition) is 2. The van der Waals surface area contributed by atoms with Gasteiger partial charge in [-0.1, -0.05) is 0 Å². The van der Waals surface area contributed by atoms with Crippen LogP contribution in [0.15, 0.2) is 102 Å². The summed E-state index contributed by atoms with van der Waals surface area (Å²) in [6.07, 6.45) is 13.6. The number of nitrogens with zero attached hydrogens (tertiary/aromatic N) is 3. The maximum absolute atomic E-state index is 7.06. The van der Waals surface area contributed by atoms with E-state index in [4.69, 9.17) is 11.6 Å². The van der Waals surface area contributed by atoms with E-state index in [0.717, 1.165) is 21.3 Å². The van der Waals surface area contributed by atoms with Crippen molar-refractivity contribution in [3.63, 3.8) is 0 Å². The van der Waals surface area contributed by atoms with Crippen LogP contribution in [-0.4, -0.2) is 32.3 Å². The van der Waals surface area contributed by atoms with Crippen LogP contribution in [0.2, 0.25) is 0 Å². The summed E-state index contributed by atoms with van der Waals surface area (Å²) in [5.74, 6) is 0. The molecule has 0 bridgehead atoms. The van der Waals surface area contributed by atoms with Gasteiger partial charge < -0.3 is 0 Å². The molecule has 4 rings (SSSR count). The van der Waals surface area contributed by atoms with E-state index in [1.54, 1.807) is 12.4 Å². The Morgan fingerprint density at radius 2 is 1.52 bits per heavy atom. The Bertz CT molecular complexity index is 921. The van der Waals surface area contributed by atoms with Crippen LogP contribution >= 0.6 is 11.6 Å². The molecule has 0 aliphatic carbocycles. The zero-order valence-corrected chi connectivity index (χ0v) is 17.2. The quantitative estimate of drug-likeness (QED) is 0.257. The number of para-hydroxylation sites is 1. The summed E-state index contributed by atoms with van der Waals surface area (Å²) < 4.78 is 1.55. The van der Waals surface area contributed by atoms with Gasteiger partial charge in [0.25, 0.3) is 0 Å². The monoisotopic (exact) mass is 434 g/mol. The van der Waals surface area contributed by atoms with Crippen molar-refractivity contribution in [3.05, 3.63) is 113 Å². The normalized spacial score (nSPS) is 21.9. The van der Waals surface area contributed by atoms with Crippen LogP contribution in [0.4, 0.5) is 5.69 Å². The van der Waals surface area contributed by atoms with Crippen LogP contribution in [0.25, 0.3) is 0 Å². The van der Waals surface area contributed by atoms with Crippen molar-refractivity contribution in [1.29, 1.82) is 0 Å². The zero-order chi connectivity index (χ0) is 18.7. The van der Waals surface area contributed by atoms with Crippen molar-refractivity contribution < 1.29 is 0 Å². The molecule has 0 N–H and O–H groups in total.